The molecule has 0 saturated heterocycles. The van der Waals surface area contributed by atoms with Crippen LogP contribution in [0.2, 0.25) is 0 Å². The third-order valence-corrected chi connectivity index (χ3v) is 4.50. The highest BCUT2D eigenvalue weighted by molar-refractivity contribution is 7.89. The van der Waals surface area contributed by atoms with Crippen LogP contribution in [0.15, 0.2) is 23.1 Å². The van der Waals surface area contributed by atoms with Gasteiger partial charge in [-0.25, -0.2) is 17.5 Å². The Morgan fingerprint density at radius 1 is 1.39 bits per heavy atom. The quantitative estimate of drug-likeness (QED) is 0.613. The Labute approximate surface area is 106 Å². The average molecular weight is 272 g/mol. The van der Waals surface area contributed by atoms with Gasteiger partial charge in [-0.15, -0.1) is 0 Å². The summed E-state index contributed by atoms with van der Waals surface area (Å²) < 4.78 is 39.6. The first-order valence-corrected chi connectivity index (χ1v) is 7.52. The molecule has 0 aliphatic heterocycles. The van der Waals surface area contributed by atoms with Crippen LogP contribution in [0.3, 0.4) is 0 Å². The van der Waals surface area contributed by atoms with E-state index in [1.54, 1.807) is 0 Å². The molecule has 2 rings (SSSR count). The molecule has 3 N–H and O–H groups in total. The second-order valence-corrected chi connectivity index (χ2v) is 6.41. The van der Waals surface area contributed by atoms with Crippen LogP contribution < -0.4 is 10.5 Å². The lowest BCUT2D eigenvalue weighted by molar-refractivity contribution is 0.552. The van der Waals surface area contributed by atoms with E-state index >= 15 is 0 Å². The van der Waals surface area contributed by atoms with Gasteiger partial charge in [-0.3, -0.25) is 0 Å². The SMILES string of the molecule is Nc1ccc(F)c(S(=O)(=O)NCCCC2CC2)c1. The zero-order chi connectivity index (χ0) is 13.2. The fourth-order valence-electron chi connectivity index (χ4n) is 1.81. The van der Waals surface area contributed by atoms with Gasteiger partial charge in [0.2, 0.25) is 10.0 Å². The number of anilines is 1. The Bertz CT molecular complexity index is 527. The summed E-state index contributed by atoms with van der Waals surface area (Å²) in [5.74, 6) is -0.0162. The van der Waals surface area contributed by atoms with Crippen molar-refractivity contribution in [2.75, 3.05) is 12.3 Å². The van der Waals surface area contributed by atoms with Gasteiger partial charge in [0, 0.05) is 12.2 Å². The van der Waals surface area contributed by atoms with Gasteiger partial charge in [0.05, 0.1) is 0 Å². The number of hydrogen-bond acceptors (Lipinski definition) is 3. The number of halogens is 1. The summed E-state index contributed by atoms with van der Waals surface area (Å²) in [6, 6.07) is 3.54. The molecule has 1 aromatic carbocycles. The minimum Gasteiger partial charge on any atom is -0.399 e. The Balaban J connectivity index is 1.97. The van der Waals surface area contributed by atoms with Crippen molar-refractivity contribution >= 4 is 15.7 Å². The van der Waals surface area contributed by atoms with Crippen LogP contribution in [0.5, 0.6) is 0 Å². The van der Waals surface area contributed by atoms with Crippen molar-refractivity contribution in [3.63, 3.8) is 0 Å². The molecule has 6 heteroatoms. The lowest BCUT2D eigenvalue weighted by Gasteiger charge is -2.08. The van der Waals surface area contributed by atoms with E-state index in [1.807, 2.05) is 0 Å². The topological polar surface area (TPSA) is 72.2 Å². The maximum atomic E-state index is 13.4. The van der Waals surface area contributed by atoms with Crippen LogP contribution in [0, 0.1) is 11.7 Å². The van der Waals surface area contributed by atoms with Gasteiger partial charge in [0.25, 0.3) is 0 Å². The largest absolute Gasteiger partial charge is 0.399 e. The molecule has 0 radical (unpaired) electrons. The van der Waals surface area contributed by atoms with Crippen LogP contribution in [0.1, 0.15) is 25.7 Å². The first kappa shape index (κ1) is 13.3. The van der Waals surface area contributed by atoms with E-state index in [0.29, 0.717) is 6.54 Å². The zero-order valence-corrected chi connectivity index (χ0v) is 10.8. The monoisotopic (exact) mass is 272 g/mol. The van der Waals surface area contributed by atoms with E-state index in [1.165, 1.54) is 18.9 Å². The standard InChI is InChI=1S/C12H17FN2O2S/c13-11-6-5-10(14)8-12(11)18(16,17)15-7-1-2-9-3-4-9/h5-6,8-9,15H,1-4,7,14H2. The third kappa shape index (κ3) is 3.43. The third-order valence-electron chi connectivity index (χ3n) is 3.02. The molecule has 1 aliphatic rings. The smallest absolute Gasteiger partial charge is 0.243 e. The van der Waals surface area contributed by atoms with Crippen LogP contribution in [-0.2, 0) is 10.0 Å². The van der Waals surface area contributed by atoms with Crippen LogP contribution in [0.25, 0.3) is 0 Å². The lowest BCUT2D eigenvalue weighted by Crippen LogP contribution is -2.25. The molecule has 1 fully saturated rings. The second-order valence-electron chi connectivity index (χ2n) is 4.67. The molecular weight excluding hydrogens is 255 g/mol. The Kier molecular flexibility index (Phi) is 3.87. The van der Waals surface area contributed by atoms with Crippen molar-refractivity contribution in [1.82, 2.24) is 4.72 Å². The van der Waals surface area contributed by atoms with E-state index in [4.69, 9.17) is 5.73 Å². The highest BCUT2D eigenvalue weighted by Crippen LogP contribution is 2.33. The number of nitrogens with one attached hydrogen (secondary N) is 1. The molecule has 0 unspecified atom stereocenters. The molecule has 1 saturated carbocycles. The van der Waals surface area contributed by atoms with E-state index in [2.05, 4.69) is 4.72 Å². The molecule has 0 heterocycles. The molecule has 100 valence electrons. The van der Waals surface area contributed by atoms with Crippen LogP contribution >= 0.6 is 0 Å². The molecule has 1 aliphatic carbocycles. The number of benzene rings is 1. The summed E-state index contributed by atoms with van der Waals surface area (Å²) in [4.78, 5) is -0.381. The average Bonchev–Trinajstić information content (AvgIpc) is 3.12. The number of nitrogens with two attached hydrogens (primary N) is 1. The minimum absolute atomic E-state index is 0.231. The first-order valence-electron chi connectivity index (χ1n) is 6.04. The zero-order valence-electron chi connectivity index (χ0n) is 10.0. The fraction of sp³-hybridized carbons (Fsp3) is 0.500. The molecule has 0 bridgehead atoms. The number of sulfonamides is 1. The van der Waals surface area contributed by atoms with E-state index in [9.17, 15) is 12.8 Å². The van der Waals surface area contributed by atoms with Crippen molar-refractivity contribution < 1.29 is 12.8 Å². The van der Waals surface area contributed by atoms with Gasteiger partial charge < -0.3 is 5.73 Å². The molecule has 0 atom stereocenters. The summed E-state index contributed by atoms with van der Waals surface area (Å²) in [6.45, 7) is 0.340. The minimum atomic E-state index is -3.80. The summed E-state index contributed by atoms with van der Waals surface area (Å²) in [7, 11) is -3.80. The van der Waals surface area contributed by atoms with Crippen molar-refractivity contribution in [2.24, 2.45) is 5.92 Å². The molecule has 0 spiro atoms. The van der Waals surface area contributed by atoms with Crippen molar-refractivity contribution in [3.05, 3.63) is 24.0 Å². The molecular formula is C12H17FN2O2S. The maximum absolute atomic E-state index is 13.4. The highest BCUT2D eigenvalue weighted by atomic mass is 32.2. The Morgan fingerprint density at radius 3 is 2.78 bits per heavy atom. The number of nitrogen functional groups attached to an aromatic ring is 1. The van der Waals surface area contributed by atoms with E-state index in [-0.39, 0.29) is 10.6 Å². The maximum Gasteiger partial charge on any atom is 0.243 e. The van der Waals surface area contributed by atoms with Gasteiger partial charge in [-0.1, -0.05) is 12.8 Å². The van der Waals surface area contributed by atoms with E-state index < -0.39 is 15.8 Å². The van der Waals surface area contributed by atoms with Crippen LogP contribution in [0.4, 0.5) is 10.1 Å². The normalized spacial score (nSPS) is 15.8. The fourth-order valence-corrected chi connectivity index (χ4v) is 2.99. The van der Waals surface area contributed by atoms with Gasteiger partial charge in [-0.05, 0) is 37.0 Å². The molecule has 0 aromatic heterocycles. The van der Waals surface area contributed by atoms with Crippen molar-refractivity contribution in [2.45, 2.75) is 30.6 Å². The number of rotatable bonds is 6. The summed E-state index contributed by atoms with van der Waals surface area (Å²) in [6.07, 6.45) is 4.31. The summed E-state index contributed by atoms with van der Waals surface area (Å²) in [5.41, 5.74) is 5.70. The Morgan fingerprint density at radius 2 is 2.11 bits per heavy atom. The van der Waals surface area contributed by atoms with Gasteiger partial charge >= 0.3 is 0 Å². The van der Waals surface area contributed by atoms with Gasteiger partial charge in [0.1, 0.15) is 10.7 Å². The van der Waals surface area contributed by atoms with Crippen molar-refractivity contribution in [1.29, 1.82) is 0 Å². The number of hydrogen-bond donors (Lipinski definition) is 2. The lowest BCUT2D eigenvalue weighted by atomic mass is 10.2. The summed E-state index contributed by atoms with van der Waals surface area (Å²) >= 11 is 0. The van der Waals surface area contributed by atoms with Gasteiger partial charge in [-0.2, -0.15) is 0 Å². The molecule has 0 amide bonds. The van der Waals surface area contributed by atoms with Gasteiger partial charge in [0.15, 0.2) is 0 Å². The van der Waals surface area contributed by atoms with E-state index in [0.717, 1.165) is 30.9 Å². The molecule has 4 nitrogen and oxygen atoms in total. The molecule has 1 aromatic rings. The second kappa shape index (κ2) is 5.24. The van der Waals surface area contributed by atoms with Crippen molar-refractivity contribution in [3.8, 4) is 0 Å². The predicted octanol–water partition coefficient (Wildman–Crippen LogP) is 1.88. The van der Waals surface area contributed by atoms with Crippen LogP contribution in [-0.4, -0.2) is 15.0 Å². The first-order chi connectivity index (χ1) is 8.49. The predicted molar refractivity (Wildman–Crippen MR) is 68.0 cm³/mol. The Hall–Kier alpha value is -1.14. The highest BCUT2D eigenvalue weighted by Gasteiger charge is 2.22. The summed E-state index contributed by atoms with van der Waals surface area (Å²) in [5, 5.41) is 0. The molecule has 18 heavy (non-hydrogen) atoms.